The molecule has 0 saturated heterocycles. The lowest BCUT2D eigenvalue weighted by Crippen LogP contribution is -2.21. The number of carbonyl (C=O) groups is 1. The zero-order valence-corrected chi connectivity index (χ0v) is 9.46. The van der Waals surface area contributed by atoms with E-state index in [1.165, 1.54) is 11.0 Å². The molecule has 1 amide bonds. The fourth-order valence-corrected chi connectivity index (χ4v) is 2.12. The average Bonchev–Trinajstić information content (AvgIpc) is 2.41. The maximum atomic E-state index is 13.8. The lowest BCUT2D eigenvalue weighted by atomic mass is 10.0. The van der Waals surface area contributed by atoms with E-state index in [-0.39, 0.29) is 24.2 Å². The Morgan fingerprint density at radius 1 is 1.56 bits per heavy atom. The van der Waals surface area contributed by atoms with Gasteiger partial charge in [-0.2, -0.15) is 0 Å². The van der Waals surface area contributed by atoms with Crippen LogP contribution in [0, 0.1) is 5.82 Å². The minimum atomic E-state index is -0.332. The molecule has 1 aromatic carbocycles. The number of halogens is 1. The molecular weight excluding hydrogens is 207 g/mol. The van der Waals surface area contributed by atoms with Gasteiger partial charge in [0.25, 0.3) is 0 Å². The summed E-state index contributed by atoms with van der Waals surface area (Å²) >= 11 is 0. The predicted octanol–water partition coefficient (Wildman–Crippen LogP) is 1.23. The SMILES string of the molecule is CC(N)Cc1cc(F)c2c(c1)CC(=O)N2C. The summed E-state index contributed by atoms with van der Waals surface area (Å²) in [4.78, 5) is 12.8. The van der Waals surface area contributed by atoms with Gasteiger partial charge >= 0.3 is 0 Å². The summed E-state index contributed by atoms with van der Waals surface area (Å²) in [5.74, 6) is -0.395. The van der Waals surface area contributed by atoms with Crippen molar-refractivity contribution in [3.63, 3.8) is 0 Å². The Hall–Kier alpha value is -1.42. The molecule has 3 nitrogen and oxygen atoms in total. The number of carbonyl (C=O) groups excluding carboxylic acids is 1. The zero-order valence-electron chi connectivity index (χ0n) is 9.46. The molecule has 1 aliphatic heterocycles. The Balaban J connectivity index is 2.41. The number of anilines is 1. The van der Waals surface area contributed by atoms with E-state index < -0.39 is 0 Å². The minimum absolute atomic E-state index is 0.00714. The summed E-state index contributed by atoms with van der Waals surface area (Å²) in [6, 6.07) is 3.34. The van der Waals surface area contributed by atoms with Crippen LogP contribution < -0.4 is 10.6 Å². The molecule has 0 aliphatic carbocycles. The van der Waals surface area contributed by atoms with Crippen LogP contribution in [-0.2, 0) is 17.6 Å². The van der Waals surface area contributed by atoms with Crippen molar-refractivity contribution in [1.29, 1.82) is 0 Å². The van der Waals surface area contributed by atoms with Gasteiger partial charge in [-0.15, -0.1) is 0 Å². The highest BCUT2D eigenvalue weighted by atomic mass is 19.1. The normalized spacial score (nSPS) is 16.5. The Bertz CT molecular complexity index is 443. The fourth-order valence-electron chi connectivity index (χ4n) is 2.12. The first-order valence-electron chi connectivity index (χ1n) is 5.32. The molecule has 2 rings (SSSR count). The smallest absolute Gasteiger partial charge is 0.231 e. The van der Waals surface area contributed by atoms with Gasteiger partial charge in [0.15, 0.2) is 0 Å². The zero-order chi connectivity index (χ0) is 11.9. The number of hydrogen-bond acceptors (Lipinski definition) is 2. The van der Waals surface area contributed by atoms with E-state index in [1.807, 2.05) is 13.0 Å². The molecule has 1 aliphatic rings. The molecule has 0 spiro atoms. The molecule has 4 heteroatoms. The van der Waals surface area contributed by atoms with Crippen molar-refractivity contribution in [3.05, 3.63) is 29.1 Å². The molecular formula is C12H15FN2O. The highest BCUT2D eigenvalue weighted by Crippen LogP contribution is 2.31. The Labute approximate surface area is 94.0 Å². The third kappa shape index (κ3) is 1.80. The maximum Gasteiger partial charge on any atom is 0.231 e. The molecule has 1 unspecified atom stereocenters. The van der Waals surface area contributed by atoms with Gasteiger partial charge in [0.1, 0.15) is 5.82 Å². The Kier molecular flexibility index (Phi) is 2.68. The van der Waals surface area contributed by atoms with Crippen molar-refractivity contribution < 1.29 is 9.18 Å². The second kappa shape index (κ2) is 3.87. The topological polar surface area (TPSA) is 46.3 Å². The van der Waals surface area contributed by atoms with Crippen molar-refractivity contribution in [3.8, 4) is 0 Å². The summed E-state index contributed by atoms with van der Waals surface area (Å²) in [7, 11) is 1.60. The van der Waals surface area contributed by atoms with Crippen molar-refractivity contribution in [1.82, 2.24) is 0 Å². The second-order valence-corrected chi connectivity index (χ2v) is 4.40. The van der Waals surface area contributed by atoms with Crippen LogP contribution in [-0.4, -0.2) is 19.0 Å². The number of nitrogens with zero attached hydrogens (tertiary/aromatic N) is 1. The third-order valence-corrected chi connectivity index (χ3v) is 2.81. The monoisotopic (exact) mass is 222 g/mol. The Morgan fingerprint density at radius 2 is 2.25 bits per heavy atom. The van der Waals surface area contributed by atoms with Crippen LogP contribution >= 0.6 is 0 Å². The van der Waals surface area contributed by atoms with E-state index in [0.717, 1.165) is 11.1 Å². The molecule has 0 saturated carbocycles. The van der Waals surface area contributed by atoms with Gasteiger partial charge in [0.2, 0.25) is 5.91 Å². The number of rotatable bonds is 2. The Morgan fingerprint density at radius 3 is 2.88 bits per heavy atom. The van der Waals surface area contributed by atoms with Gasteiger partial charge in [-0.25, -0.2) is 4.39 Å². The highest BCUT2D eigenvalue weighted by Gasteiger charge is 2.27. The second-order valence-electron chi connectivity index (χ2n) is 4.40. The number of hydrogen-bond donors (Lipinski definition) is 1. The number of benzene rings is 1. The molecule has 0 bridgehead atoms. The first kappa shape index (κ1) is 11.1. The van der Waals surface area contributed by atoms with Crippen molar-refractivity contribution in [2.45, 2.75) is 25.8 Å². The van der Waals surface area contributed by atoms with Crippen LogP contribution in [0.25, 0.3) is 0 Å². The minimum Gasteiger partial charge on any atom is -0.328 e. The van der Waals surface area contributed by atoms with Crippen LogP contribution in [0.1, 0.15) is 18.1 Å². The first-order chi connectivity index (χ1) is 7.49. The number of nitrogens with two attached hydrogens (primary N) is 1. The number of fused-ring (bicyclic) bond motifs is 1. The van der Waals surface area contributed by atoms with Crippen molar-refractivity contribution in [2.24, 2.45) is 5.73 Å². The molecule has 16 heavy (non-hydrogen) atoms. The van der Waals surface area contributed by atoms with Crippen LogP contribution in [0.3, 0.4) is 0 Å². The van der Waals surface area contributed by atoms with Gasteiger partial charge in [0.05, 0.1) is 12.1 Å². The van der Waals surface area contributed by atoms with Crippen LogP contribution in [0.15, 0.2) is 12.1 Å². The summed E-state index contributed by atoms with van der Waals surface area (Å²) in [6.07, 6.45) is 0.914. The van der Waals surface area contributed by atoms with E-state index >= 15 is 0 Å². The van der Waals surface area contributed by atoms with E-state index in [1.54, 1.807) is 7.05 Å². The summed E-state index contributed by atoms with van der Waals surface area (Å²) in [5.41, 5.74) is 7.71. The van der Waals surface area contributed by atoms with Gasteiger partial charge in [0, 0.05) is 13.1 Å². The molecule has 0 fully saturated rings. The molecule has 0 aromatic heterocycles. The van der Waals surface area contributed by atoms with E-state index in [9.17, 15) is 9.18 Å². The molecule has 1 heterocycles. The molecule has 2 N–H and O–H groups in total. The molecule has 0 radical (unpaired) electrons. The fraction of sp³-hybridized carbons (Fsp3) is 0.417. The predicted molar refractivity (Wildman–Crippen MR) is 60.9 cm³/mol. The lowest BCUT2D eigenvalue weighted by molar-refractivity contribution is -0.117. The number of likely N-dealkylation sites (N-methyl/N-ethyl adjacent to an activating group) is 1. The summed E-state index contributed by atoms with van der Waals surface area (Å²) in [6.45, 7) is 1.88. The van der Waals surface area contributed by atoms with Crippen molar-refractivity contribution >= 4 is 11.6 Å². The van der Waals surface area contributed by atoms with Gasteiger partial charge < -0.3 is 10.6 Å². The standard InChI is InChI=1S/C12H15FN2O/c1-7(14)3-8-4-9-6-11(16)15(2)12(9)10(13)5-8/h4-5,7H,3,6,14H2,1-2H3. The van der Waals surface area contributed by atoms with E-state index in [2.05, 4.69) is 0 Å². The van der Waals surface area contributed by atoms with Gasteiger partial charge in [-0.1, -0.05) is 6.07 Å². The quantitative estimate of drug-likeness (QED) is 0.818. The molecule has 86 valence electrons. The number of amides is 1. The van der Waals surface area contributed by atoms with Crippen LogP contribution in [0.5, 0.6) is 0 Å². The summed E-state index contributed by atoms with van der Waals surface area (Å²) < 4.78 is 13.8. The van der Waals surface area contributed by atoms with Gasteiger partial charge in [-0.3, -0.25) is 4.79 Å². The third-order valence-electron chi connectivity index (χ3n) is 2.81. The molecule has 1 aromatic rings. The highest BCUT2D eigenvalue weighted by molar-refractivity contribution is 6.01. The van der Waals surface area contributed by atoms with Crippen LogP contribution in [0.4, 0.5) is 10.1 Å². The van der Waals surface area contributed by atoms with Gasteiger partial charge in [-0.05, 0) is 30.5 Å². The van der Waals surface area contributed by atoms with Crippen molar-refractivity contribution in [2.75, 3.05) is 11.9 Å². The average molecular weight is 222 g/mol. The van der Waals surface area contributed by atoms with E-state index in [4.69, 9.17) is 5.73 Å². The lowest BCUT2D eigenvalue weighted by Gasteiger charge is -2.12. The van der Waals surface area contributed by atoms with E-state index in [0.29, 0.717) is 12.1 Å². The van der Waals surface area contributed by atoms with Crippen LogP contribution in [0.2, 0.25) is 0 Å². The molecule has 1 atom stereocenters. The first-order valence-corrected chi connectivity index (χ1v) is 5.32. The largest absolute Gasteiger partial charge is 0.328 e. The summed E-state index contributed by atoms with van der Waals surface area (Å²) in [5, 5.41) is 0. The maximum absolute atomic E-state index is 13.8.